The molecule has 266 valence electrons. The Balaban J connectivity index is 2.66. The average molecular weight is 679 g/mol. The lowest BCUT2D eigenvalue weighted by molar-refractivity contribution is -0.141. The molecule has 0 aromatic heterocycles. The molecule has 5 unspecified atom stereocenters. The van der Waals surface area contributed by atoms with E-state index in [1.165, 1.54) is 13.8 Å². The van der Waals surface area contributed by atoms with Crippen LogP contribution in [0.3, 0.4) is 0 Å². The van der Waals surface area contributed by atoms with E-state index in [9.17, 15) is 38.4 Å². The van der Waals surface area contributed by atoms with E-state index in [0.29, 0.717) is 24.9 Å². The highest BCUT2D eigenvalue weighted by Crippen LogP contribution is 2.05. The van der Waals surface area contributed by atoms with Crippen molar-refractivity contribution in [3.05, 3.63) is 35.9 Å². The fourth-order valence-corrected chi connectivity index (χ4v) is 4.07. The van der Waals surface area contributed by atoms with E-state index in [1.54, 1.807) is 30.3 Å². The second-order valence-electron chi connectivity index (χ2n) is 11.0. The highest BCUT2D eigenvalue weighted by Gasteiger charge is 2.27. The number of carboxylic acid groups (broad SMARTS) is 2. The number of hydrogen-bond donors (Lipinski definition) is 10. The van der Waals surface area contributed by atoms with Crippen molar-refractivity contribution in [2.75, 3.05) is 19.6 Å². The summed E-state index contributed by atoms with van der Waals surface area (Å²) in [5, 5.41) is 32.2. The zero-order valence-electron chi connectivity index (χ0n) is 27.0. The van der Waals surface area contributed by atoms with E-state index < -0.39 is 90.7 Å². The fraction of sp³-hybridized carbons (Fsp3) is 0.533. The van der Waals surface area contributed by atoms with Crippen LogP contribution in [0.5, 0.6) is 0 Å². The molecule has 0 aliphatic carbocycles. The van der Waals surface area contributed by atoms with Gasteiger partial charge in [0.15, 0.2) is 0 Å². The molecule has 0 aliphatic heterocycles. The molecule has 1 aromatic carbocycles. The van der Waals surface area contributed by atoms with Crippen molar-refractivity contribution in [2.24, 2.45) is 11.5 Å². The van der Waals surface area contributed by atoms with Gasteiger partial charge in [0.2, 0.25) is 35.4 Å². The predicted molar refractivity (Wildman–Crippen MR) is 171 cm³/mol. The molecule has 18 heteroatoms. The van der Waals surface area contributed by atoms with Crippen LogP contribution in [0.2, 0.25) is 0 Å². The number of aliphatic carboxylic acids is 2. The summed E-state index contributed by atoms with van der Waals surface area (Å²) in [6, 6.07) is 2.92. The first kappa shape index (κ1) is 40.9. The molecule has 0 bridgehead atoms. The van der Waals surface area contributed by atoms with Crippen LogP contribution in [-0.4, -0.2) is 107 Å². The fourth-order valence-electron chi connectivity index (χ4n) is 4.07. The van der Waals surface area contributed by atoms with Crippen LogP contribution in [0.15, 0.2) is 30.3 Å². The maximum atomic E-state index is 12.9. The van der Waals surface area contributed by atoms with Crippen LogP contribution >= 0.6 is 0 Å². The number of carboxylic acids is 2. The van der Waals surface area contributed by atoms with Gasteiger partial charge in [-0.15, -0.1) is 0 Å². The molecular weight excluding hydrogens is 632 g/mol. The Bertz CT molecular complexity index is 1280. The highest BCUT2D eigenvalue weighted by molar-refractivity contribution is 5.95. The summed E-state index contributed by atoms with van der Waals surface area (Å²) < 4.78 is 0. The number of rotatable bonds is 22. The van der Waals surface area contributed by atoms with E-state index >= 15 is 0 Å². The molecule has 5 atom stereocenters. The minimum absolute atomic E-state index is 0.0491. The first-order chi connectivity index (χ1) is 22.6. The summed E-state index contributed by atoms with van der Waals surface area (Å²) in [6.45, 7) is 1.83. The summed E-state index contributed by atoms with van der Waals surface area (Å²) in [4.78, 5) is 97.4. The number of benzene rings is 1. The molecule has 0 fully saturated rings. The first-order valence-electron chi connectivity index (χ1n) is 15.3. The highest BCUT2D eigenvalue weighted by atomic mass is 16.4. The summed E-state index contributed by atoms with van der Waals surface area (Å²) in [5.74, 6) is -6.83. The Kier molecular flexibility index (Phi) is 18.5. The Labute approximate surface area is 277 Å². The zero-order valence-corrected chi connectivity index (χ0v) is 27.0. The van der Waals surface area contributed by atoms with Crippen LogP contribution in [-0.2, 0) is 44.8 Å². The molecule has 0 heterocycles. The number of amides is 6. The number of nitrogens with two attached hydrogens (primary N) is 2. The minimum atomic E-state index is -1.26. The van der Waals surface area contributed by atoms with Gasteiger partial charge < -0.3 is 53.6 Å². The van der Waals surface area contributed by atoms with Crippen molar-refractivity contribution in [2.45, 2.75) is 82.6 Å². The van der Waals surface area contributed by atoms with Crippen molar-refractivity contribution in [1.82, 2.24) is 31.9 Å². The SMILES string of the molecule is CC(NC(=O)C(Cc1ccccc1)NC(=O)CNC(=O)CNC(=O)C(C)NC(=O)C(CCCCN)NC(=O)C(N)CCC(=O)O)C(=O)O. The van der Waals surface area contributed by atoms with E-state index in [2.05, 4.69) is 31.9 Å². The summed E-state index contributed by atoms with van der Waals surface area (Å²) in [6.07, 6.45) is 0.759. The van der Waals surface area contributed by atoms with Crippen LogP contribution in [0.25, 0.3) is 0 Å². The quantitative estimate of drug-likeness (QED) is 0.0544. The standard InChI is InChI=1S/C30H46N8O10/c1-17(35-28(45)21(10-6-7-13-31)38-27(44)20(32)11-12-25(41)42)26(43)34-15-23(39)33-16-24(40)37-22(14-19-8-4-3-5-9-19)29(46)36-18(2)30(47)48/h3-5,8-9,17-18,20-22H,6-7,10-16,31-32H2,1-2H3,(H,33,39)(H,34,43)(H,35,45)(H,36,46)(H,37,40)(H,38,44)(H,41,42)(H,47,48). The van der Waals surface area contributed by atoms with Crippen molar-refractivity contribution < 1.29 is 48.6 Å². The molecule has 0 aliphatic rings. The number of carbonyl (C=O) groups excluding carboxylic acids is 6. The predicted octanol–water partition coefficient (Wildman–Crippen LogP) is -3.15. The van der Waals surface area contributed by atoms with Gasteiger partial charge >= 0.3 is 11.9 Å². The molecule has 0 spiro atoms. The van der Waals surface area contributed by atoms with Crippen LogP contribution in [0.4, 0.5) is 0 Å². The number of carbonyl (C=O) groups is 8. The van der Waals surface area contributed by atoms with Gasteiger partial charge in [-0.2, -0.15) is 0 Å². The second kappa shape index (κ2) is 21.6. The second-order valence-corrected chi connectivity index (χ2v) is 11.0. The molecular formula is C30H46N8O10. The van der Waals surface area contributed by atoms with Crippen LogP contribution < -0.4 is 43.4 Å². The molecule has 0 saturated heterocycles. The topological polar surface area (TPSA) is 301 Å². The van der Waals surface area contributed by atoms with Gasteiger partial charge in [-0.05, 0) is 51.6 Å². The Morgan fingerprint density at radius 2 is 1.29 bits per heavy atom. The Morgan fingerprint density at radius 3 is 1.90 bits per heavy atom. The van der Waals surface area contributed by atoms with Gasteiger partial charge in [-0.3, -0.25) is 38.4 Å². The summed E-state index contributed by atoms with van der Waals surface area (Å²) >= 11 is 0. The molecule has 48 heavy (non-hydrogen) atoms. The van der Waals surface area contributed by atoms with E-state index in [1.807, 2.05) is 0 Å². The van der Waals surface area contributed by atoms with E-state index in [4.69, 9.17) is 21.7 Å². The third-order valence-corrected chi connectivity index (χ3v) is 6.87. The van der Waals surface area contributed by atoms with Gasteiger partial charge in [0, 0.05) is 12.8 Å². The largest absolute Gasteiger partial charge is 0.481 e. The van der Waals surface area contributed by atoms with Gasteiger partial charge in [0.05, 0.1) is 19.1 Å². The lowest BCUT2D eigenvalue weighted by atomic mass is 10.0. The third kappa shape index (κ3) is 16.5. The molecule has 18 nitrogen and oxygen atoms in total. The van der Waals surface area contributed by atoms with Crippen LogP contribution in [0.1, 0.15) is 51.5 Å². The number of unbranched alkanes of at least 4 members (excludes halogenated alkanes) is 1. The van der Waals surface area contributed by atoms with Crippen molar-refractivity contribution in [3.63, 3.8) is 0 Å². The van der Waals surface area contributed by atoms with Crippen molar-refractivity contribution in [3.8, 4) is 0 Å². The molecule has 12 N–H and O–H groups in total. The van der Waals surface area contributed by atoms with Crippen molar-refractivity contribution in [1.29, 1.82) is 0 Å². The molecule has 1 aromatic rings. The maximum Gasteiger partial charge on any atom is 0.325 e. The smallest absolute Gasteiger partial charge is 0.325 e. The van der Waals surface area contributed by atoms with E-state index in [-0.39, 0.29) is 25.7 Å². The molecule has 6 amide bonds. The zero-order chi connectivity index (χ0) is 36.2. The van der Waals surface area contributed by atoms with Crippen LogP contribution in [0, 0.1) is 0 Å². The lowest BCUT2D eigenvalue weighted by Gasteiger charge is -2.22. The monoisotopic (exact) mass is 678 g/mol. The summed E-state index contributed by atoms with van der Waals surface area (Å²) in [7, 11) is 0. The first-order valence-corrected chi connectivity index (χ1v) is 15.3. The normalized spacial score (nSPS) is 13.8. The van der Waals surface area contributed by atoms with Gasteiger partial charge in [-0.1, -0.05) is 30.3 Å². The molecule has 0 radical (unpaired) electrons. The third-order valence-electron chi connectivity index (χ3n) is 6.87. The maximum absolute atomic E-state index is 12.9. The summed E-state index contributed by atoms with van der Waals surface area (Å²) in [5.41, 5.74) is 11.9. The molecule has 1 rings (SSSR count). The van der Waals surface area contributed by atoms with E-state index in [0.717, 1.165) is 0 Å². The van der Waals surface area contributed by atoms with Gasteiger partial charge in [0.1, 0.15) is 24.2 Å². The average Bonchev–Trinajstić information content (AvgIpc) is 3.04. The Hall–Kier alpha value is -5.10. The minimum Gasteiger partial charge on any atom is -0.481 e. The van der Waals surface area contributed by atoms with Gasteiger partial charge in [-0.25, -0.2) is 0 Å². The van der Waals surface area contributed by atoms with Crippen molar-refractivity contribution >= 4 is 47.4 Å². The molecule has 0 saturated carbocycles. The number of hydrogen-bond acceptors (Lipinski definition) is 10. The lowest BCUT2D eigenvalue weighted by Crippen LogP contribution is -2.55. The Morgan fingerprint density at radius 1 is 0.688 bits per heavy atom. The number of nitrogens with one attached hydrogen (secondary N) is 6. The van der Waals surface area contributed by atoms with Gasteiger partial charge in [0.25, 0.3) is 0 Å².